The molecule has 0 saturated heterocycles. The number of nitrogens with two attached hydrogens (primary N) is 1. The minimum absolute atomic E-state index is 0.317. The third kappa shape index (κ3) is 2.39. The van der Waals surface area contributed by atoms with Gasteiger partial charge in [0, 0.05) is 23.8 Å². The fourth-order valence-electron chi connectivity index (χ4n) is 1.95. The molecule has 2 nitrogen and oxygen atoms in total. The molecule has 2 heteroatoms. The molecule has 0 fully saturated rings. The van der Waals surface area contributed by atoms with E-state index in [0.29, 0.717) is 6.04 Å². The smallest absolute Gasteiger partial charge is 0.0346 e. The van der Waals surface area contributed by atoms with Crippen molar-refractivity contribution in [2.45, 2.75) is 32.2 Å². The van der Waals surface area contributed by atoms with Crippen LogP contribution in [0.3, 0.4) is 0 Å². The Bertz CT molecular complexity index is 460. The van der Waals surface area contributed by atoms with Crippen LogP contribution in [0.4, 0.5) is 0 Å². The second-order valence-electron chi connectivity index (χ2n) is 4.22. The number of hydrogen-bond donors (Lipinski definition) is 1. The zero-order valence-electron chi connectivity index (χ0n) is 9.69. The molecular weight excluding hydrogens is 196 g/mol. The molecule has 0 spiro atoms. The third-order valence-corrected chi connectivity index (χ3v) is 3.08. The molecule has 0 radical (unpaired) electrons. The molecular formula is C14H18N2. The summed E-state index contributed by atoms with van der Waals surface area (Å²) in [5.74, 6) is 0. The molecule has 2 rings (SSSR count). The lowest BCUT2D eigenvalue weighted by molar-refractivity contribution is 0.597. The van der Waals surface area contributed by atoms with Crippen molar-refractivity contribution >= 4 is 10.8 Å². The Hall–Kier alpha value is -1.41. The van der Waals surface area contributed by atoms with Crippen molar-refractivity contribution in [1.29, 1.82) is 0 Å². The van der Waals surface area contributed by atoms with Gasteiger partial charge in [-0.3, -0.25) is 4.98 Å². The van der Waals surface area contributed by atoms with Crippen LogP contribution in [0.2, 0.25) is 0 Å². The molecule has 1 heterocycles. The third-order valence-electron chi connectivity index (χ3n) is 3.08. The van der Waals surface area contributed by atoms with E-state index >= 15 is 0 Å². The predicted molar refractivity (Wildman–Crippen MR) is 68.3 cm³/mol. The standard InChI is InChI=1S/C14H18N2/c1-2-13(15)7-6-11-4-3-5-12-10-16-9-8-14(11)12/h3-5,8-10,13H,2,6-7,15H2,1H3. The maximum atomic E-state index is 5.95. The zero-order valence-corrected chi connectivity index (χ0v) is 9.69. The molecule has 0 amide bonds. The molecule has 84 valence electrons. The van der Waals surface area contributed by atoms with Crippen molar-refractivity contribution in [1.82, 2.24) is 4.98 Å². The summed E-state index contributed by atoms with van der Waals surface area (Å²) in [6.07, 6.45) is 6.92. The summed E-state index contributed by atoms with van der Waals surface area (Å²) in [4.78, 5) is 4.14. The van der Waals surface area contributed by atoms with E-state index in [1.54, 1.807) is 0 Å². The second-order valence-corrected chi connectivity index (χ2v) is 4.22. The summed E-state index contributed by atoms with van der Waals surface area (Å²) < 4.78 is 0. The number of fused-ring (bicyclic) bond motifs is 1. The lowest BCUT2D eigenvalue weighted by Gasteiger charge is -2.10. The summed E-state index contributed by atoms with van der Waals surface area (Å²) in [5, 5.41) is 2.52. The minimum atomic E-state index is 0.317. The Morgan fingerprint density at radius 2 is 2.19 bits per heavy atom. The molecule has 0 aliphatic heterocycles. The summed E-state index contributed by atoms with van der Waals surface area (Å²) in [6.45, 7) is 2.14. The first-order valence-corrected chi connectivity index (χ1v) is 5.88. The largest absolute Gasteiger partial charge is 0.328 e. The molecule has 0 aliphatic carbocycles. The summed E-state index contributed by atoms with van der Waals surface area (Å²) in [5.41, 5.74) is 7.33. The first-order chi connectivity index (χ1) is 7.81. The number of pyridine rings is 1. The van der Waals surface area contributed by atoms with Gasteiger partial charge in [-0.05, 0) is 36.3 Å². The van der Waals surface area contributed by atoms with Crippen LogP contribution in [-0.4, -0.2) is 11.0 Å². The Balaban J connectivity index is 2.23. The lowest BCUT2D eigenvalue weighted by atomic mass is 9.99. The minimum Gasteiger partial charge on any atom is -0.328 e. The molecule has 0 saturated carbocycles. The molecule has 1 unspecified atom stereocenters. The Labute approximate surface area is 96.5 Å². The van der Waals surface area contributed by atoms with Crippen LogP contribution in [-0.2, 0) is 6.42 Å². The highest BCUT2D eigenvalue weighted by Crippen LogP contribution is 2.19. The van der Waals surface area contributed by atoms with Crippen LogP contribution in [0, 0.1) is 0 Å². The van der Waals surface area contributed by atoms with Crippen molar-refractivity contribution < 1.29 is 0 Å². The van der Waals surface area contributed by atoms with Gasteiger partial charge < -0.3 is 5.73 Å². The Morgan fingerprint density at radius 3 is 3.00 bits per heavy atom. The summed E-state index contributed by atoms with van der Waals surface area (Å²) in [6, 6.07) is 8.78. The average molecular weight is 214 g/mol. The van der Waals surface area contributed by atoms with Crippen molar-refractivity contribution in [2.24, 2.45) is 5.73 Å². The van der Waals surface area contributed by atoms with E-state index in [4.69, 9.17) is 5.73 Å². The van der Waals surface area contributed by atoms with Crippen LogP contribution in [0.5, 0.6) is 0 Å². The number of nitrogens with zero attached hydrogens (tertiary/aromatic N) is 1. The van der Waals surface area contributed by atoms with Gasteiger partial charge in [0.1, 0.15) is 0 Å². The summed E-state index contributed by atoms with van der Waals surface area (Å²) in [7, 11) is 0. The van der Waals surface area contributed by atoms with Crippen LogP contribution in [0.15, 0.2) is 36.7 Å². The van der Waals surface area contributed by atoms with Gasteiger partial charge in [0.25, 0.3) is 0 Å². The van der Waals surface area contributed by atoms with Crippen molar-refractivity contribution in [2.75, 3.05) is 0 Å². The van der Waals surface area contributed by atoms with Crippen molar-refractivity contribution in [3.8, 4) is 0 Å². The van der Waals surface area contributed by atoms with Gasteiger partial charge in [-0.15, -0.1) is 0 Å². The van der Waals surface area contributed by atoms with Crippen molar-refractivity contribution in [3.05, 3.63) is 42.2 Å². The Morgan fingerprint density at radius 1 is 1.31 bits per heavy atom. The van der Waals surface area contributed by atoms with E-state index in [-0.39, 0.29) is 0 Å². The molecule has 1 atom stereocenters. The highest BCUT2D eigenvalue weighted by molar-refractivity contribution is 5.84. The van der Waals surface area contributed by atoms with E-state index in [9.17, 15) is 0 Å². The van der Waals surface area contributed by atoms with Gasteiger partial charge in [-0.25, -0.2) is 0 Å². The van der Waals surface area contributed by atoms with Crippen LogP contribution >= 0.6 is 0 Å². The van der Waals surface area contributed by atoms with Gasteiger partial charge in [0.15, 0.2) is 0 Å². The van der Waals surface area contributed by atoms with Crippen LogP contribution in [0.25, 0.3) is 10.8 Å². The molecule has 2 aromatic rings. The molecule has 1 aromatic carbocycles. The first-order valence-electron chi connectivity index (χ1n) is 5.88. The number of aromatic nitrogens is 1. The fraction of sp³-hybridized carbons (Fsp3) is 0.357. The molecule has 16 heavy (non-hydrogen) atoms. The fourth-order valence-corrected chi connectivity index (χ4v) is 1.95. The molecule has 0 bridgehead atoms. The quantitative estimate of drug-likeness (QED) is 0.850. The normalized spacial score (nSPS) is 12.9. The highest BCUT2D eigenvalue weighted by atomic mass is 14.6. The van der Waals surface area contributed by atoms with Gasteiger partial charge in [0.05, 0.1) is 0 Å². The van der Waals surface area contributed by atoms with E-state index in [1.165, 1.54) is 16.3 Å². The second kappa shape index (κ2) is 5.08. The van der Waals surface area contributed by atoms with Gasteiger partial charge in [-0.1, -0.05) is 25.1 Å². The topological polar surface area (TPSA) is 38.9 Å². The maximum absolute atomic E-state index is 5.95. The van der Waals surface area contributed by atoms with Gasteiger partial charge >= 0.3 is 0 Å². The molecule has 1 aromatic heterocycles. The number of benzene rings is 1. The summed E-state index contributed by atoms with van der Waals surface area (Å²) >= 11 is 0. The number of rotatable bonds is 4. The van der Waals surface area contributed by atoms with Crippen LogP contribution < -0.4 is 5.73 Å². The highest BCUT2D eigenvalue weighted by Gasteiger charge is 2.03. The Kier molecular flexibility index (Phi) is 3.52. The van der Waals surface area contributed by atoms with E-state index in [0.717, 1.165) is 19.3 Å². The van der Waals surface area contributed by atoms with Crippen LogP contribution in [0.1, 0.15) is 25.3 Å². The van der Waals surface area contributed by atoms with Crippen molar-refractivity contribution in [3.63, 3.8) is 0 Å². The van der Waals surface area contributed by atoms with E-state index in [1.807, 2.05) is 12.4 Å². The number of aryl methyl sites for hydroxylation is 1. The lowest BCUT2D eigenvalue weighted by Crippen LogP contribution is -2.19. The average Bonchev–Trinajstić information content (AvgIpc) is 2.35. The molecule has 0 aliphatic rings. The van der Waals surface area contributed by atoms with Gasteiger partial charge in [-0.2, -0.15) is 0 Å². The van der Waals surface area contributed by atoms with E-state index in [2.05, 4.69) is 36.2 Å². The van der Waals surface area contributed by atoms with E-state index < -0.39 is 0 Å². The molecule has 2 N–H and O–H groups in total. The predicted octanol–water partition coefficient (Wildman–Crippen LogP) is 2.90. The van der Waals surface area contributed by atoms with Gasteiger partial charge in [0.2, 0.25) is 0 Å². The monoisotopic (exact) mass is 214 g/mol. The SMILES string of the molecule is CCC(N)CCc1cccc2cnccc12. The number of hydrogen-bond acceptors (Lipinski definition) is 2. The first kappa shape index (κ1) is 11.1. The zero-order chi connectivity index (χ0) is 11.4. The maximum Gasteiger partial charge on any atom is 0.0346 e.